The van der Waals surface area contributed by atoms with Crippen LogP contribution >= 0.6 is 11.3 Å². The van der Waals surface area contributed by atoms with Gasteiger partial charge in [0.25, 0.3) is 0 Å². The van der Waals surface area contributed by atoms with Crippen LogP contribution in [0, 0.1) is 0 Å². The van der Waals surface area contributed by atoms with Crippen molar-refractivity contribution < 1.29 is 13.2 Å². The monoisotopic (exact) mass is 387 g/mol. The number of rotatable bonds is 6. The van der Waals surface area contributed by atoms with Gasteiger partial charge in [0.15, 0.2) is 0 Å². The van der Waals surface area contributed by atoms with Gasteiger partial charge in [-0.05, 0) is 47.2 Å². The summed E-state index contributed by atoms with van der Waals surface area (Å²) in [4.78, 5) is 1.37. The molecular weight excluding hydrogens is 366 g/mol. The summed E-state index contributed by atoms with van der Waals surface area (Å²) in [5, 5.41) is 3.94. The Morgan fingerprint density at radius 2 is 1.92 bits per heavy atom. The van der Waals surface area contributed by atoms with Gasteiger partial charge in [-0.15, -0.1) is 11.3 Å². The maximum absolute atomic E-state index is 13.4. The van der Waals surface area contributed by atoms with E-state index in [-0.39, 0.29) is 6.10 Å². The second-order valence-corrected chi connectivity index (χ2v) is 9.49. The molecule has 0 radical (unpaired) electrons. The van der Waals surface area contributed by atoms with Crippen molar-refractivity contribution in [2.45, 2.75) is 30.4 Å². The van der Waals surface area contributed by atoms with Gasteiger partial charge in [0.1, 0.15) is 0 Å². The number of hydrogen-bond donors (Lipinski definition) is 0. The van der Waals surface area contributed by atoms with Crippen molar-refractivity contribution in [3.05, 3.63) is 64.9 Å². The van der Waals surface area contributed by atoms with Crippen LogP contribution < -0.4 is 0 Å². The fraction of sp³-hybridized carbons (Fsp3) is 0.300. The van der Waals surface area contributed by atoms with E-state index in [0.717, 1.165) is 28.5 Å². The Hall–Kier alpha value is -1.73. The zero-order valence-electron chi connectivity index (χ0n) is 14.4. The van der Waals surface area contributed by atoms with Gasteiger partial charge in [0.05, 0.1) is 11.0 Å². The number of ether oxygens (including phenoxy) is 1. The molecule has 26 heavy (non-hydrogen) atoms. The van der Waals surface area contributed by atoms with E-state index in [4.69, 9.17) is 4.74 Å². The van der Waals surface area contributed by atoms with Gasteiger partial charge < -0.3 is 4.74 Å². The van der Waals surface area contributed by atoms with E-state index >= 15 is 0 Å². The Labute approximate surface area is 158 Å². The Balaban J connectivity index is 1.68. The lowest BCUT2D eigenvalue weighted by Gasteiger charge is -2.24. The molecule has 2 heterocycles. The molecule has 1 aliphatic heterocycles. The molecule has 3 aromatic rings. The highest BCUT2D eigenvalue weighted by atomic mass is 32.2. The average Bonchev–Trinajstić information content (AvgIpc) is 3.35. The summed E-state index contributed by atoms with van der Waals surface area (Å²) in [6, 6.07) is 17.1. The third-order valence-electron chi connectivity index (χ3n) is 4.70. The van der Waals surface area contributed by atoms with Crippen molar-refractivity contribution in [3.63, 3.8) is 0 Å². The van der Waals surface area contributed by atoms with Gasteiger partial charge in [-0.3, -0.25) is 0 Å². The molecule has 136 valence electrons. The summed E-state index contributed by atoms with van der Waals surface area (Å²) in [6.07, 6.45) is 1.88. The Kier molecular flexibility index (Phi) is 5.09. The minimum Gasteiger partial charge on any atom is -0.377 e. The standard InChI is InChI=1S/C20H21NO3S2/c22-26(23,20-10-9-16-5-1-2-6-17(16)13-20)21(14-18-7-3-11-24-18)15-19-8-4-12-25-19/h1-2,4-6,8-10,12-13,18H,3,7,11,14-15H2/t18-/m0/s1. The highest BCUT2D eigenvalue weighted by molar-refractivity contribution is 7.89. The molecule has 0 bridgehead atoms. The van der Waals surface area contributed by atoms with Crippen LogP contribution in [0.3, 0.4) is 0 Å². The van der Waals surface area contributed by atoms with Crippen LogP contribution in [-0.2, 0) is 21.3 Å². The van der Waals surface area contributed by atoms with E-state index in [0.29, 0.717) is 24.6 Å². The van der Waals surface area contributed by atoms with Gasteiger partial charge in [-0.25, -0.2) is 8.42 Å². The van der Waals surface area contributed by atoms with Crippen LogP contribution in [0.1, 0.15) is 17.7 Å². The summed E-state index contributed by atoms with van der Waals surface area (Å²) < 4.78 is 34.0. The first kappa shape index (κ1) is 17.7. The molecule has 1 aliphatic rings. The van der Waals surface area contributed by atoms with Crippen molar-refractivity contribution in [3.8, 4) is 0 Å². The molecule has 4 nitrogen and oxygen atoms in total. The zero-order valence-corrected chi connectivity index (χ0v) is 16.0. The number of sulfonamides is 1. The quantitative estimate of drug-likeness (QED) is 0.634. The highest BCUT2D eigenvalue weighted by Gasteiger charge is 2.29. The van der Waals surface area contributed by atoms with Gasteiger partial charge >= 0.3 is 0 Å². The molecule has 0 saturated carbocycles. The number of nitrogens with zero attached hydrogens (tertiary/aromatic N) is 1. The molecule has 1 atom stereocenters. The Morgan fingerprint density at radius 1 is 1.08 bits per heavy atom. The summed E-state index contributed by atoms with van der Waals surface area (Å²) in [5.41, 5.74) is 0. The van der Waals surface area contributed by atoms with Crippen LogP contribution in [0.2, 0.25) is 0 Å². The van der Waals surface area contributed by atoms with Crippen molar-refractivity contribution >= 4 is 32.1 Å². The van der Waals surface area contributed by atoms with E-state index in [1.807, 2.05) is 47.8 Å². The summed E-state index contributed by atoms with van der Waals surface area (Å²) in [7, 11) is -3.60. The van der Waals surface area contributed by atoms with Crippen LogP contribution in [0.25, 0.3) is 10.8 Å². The lowest BCUT2D eigenvalue weighted by atomic mass is 10.1. The first-order valence-corrected chi connectivity index (χ1v) is 11.1. The number of fused-ring (bicyclic) bond motifs is 1. The molecule has 4 rings (SSSR count). The minimum atomic E-state index is -3.60. The van der Waals surface area contributed by atoms with Crippen LogP contribution in [0.5, 0.6) is 0 Å². The maximum Gasteiger partial charge on any atom is 0.243 e. The van der Waals surface area contributed by atoms with E-state index < -0.39 is 10.0 Å². The van der Waals surface area contributed by atoms with Crippen molar-refractivity contribution in [1.82, 2.24) is 4.31 Å². The number of benzene rings is 2. The third kappa shape index (κ3) is 3.69. The van der Waals surface area contributed by atoms with Gasteiger partial charge in [0, 0.05) is 24.6 Å². The first-order valence-electron chi connectivity index (χ1n) is 8.76. The Bertz CT molecular complexity index is 977. The van der Waals surface area contributed by atoms with Gasteiger partial charge in [-0.1, -0.05) is 36.4 Å². The molecule has 6 heteroatoms. The van der Waals surface area contributed by atoms with E-state index in [2.05, 4.69) is 0 Å². The lowest BCUT2D eigenvalue weighted by molar-refractivity contribution is 0.0927. The molecule has 1 fully saturated rings. The molecular formula is C20H21NO3S2. The second-order valence-electron chi connectivity index (χ2n) is 6.52. The summed E-state index contributed by atoms with van der Waals surface area (Å²) >= 11 is 1.58. The minimum absolute atomic E-state index is 0.0230. The van der Waals surface area contributed by atoms with Crippen LogP contribution in [0.4, 0.5) is 0 Å². The third-order valence-corrected chi connectivity index (χ3v) is 7.37. The summed E-state index contributed by atoms with van der Waals surface area (Å²) in [6.45, 7) is 1.49. The fourth-order valence-electron chi connectivity index (χ4n) is 3.32. The zero-order chi connectivity index (χ0) is 18.0. The molecule has 0 N–H and O–H groups in total. The van der Waals surface area contributed by atoms with E-state index in [1.165, 1.54) is 0 Å². The van der Waals surface area contributed by atoms with Crippen molar-refractivity contribution in [2.24, 2.45) is 0 Å². The van der Waals surface area contributed by atoms with E-state index in [9.17, 15) is 8.42 Å². The van der Waals surface area contributed by atoms with E-state index in [1.54, 1.807) is 27.8 Å². The maximum atomic E-state index is 13.4. The number of thiophene rings is 1. The van der Waals surface area contributed by atoms with Crippen LogP contribution in [-0.4, -0.2) is 32.0 Å². The van der Waals surface area contributed by atoms with Crippen LogP contribution in [0.15, 0.2) is 64.9 Å². The molecule has 1 aromatic heterocycles. The Morgan fingerprint density at radius 3 is 2.65 bits per heavy atom. The topological polar surface area (TPSA) is 46.6 Å². The molecule has 2 aromatic carbocycles. The normalized spacial score (nSPS) is 18.0. The van der Waals surface area contributed by atoms with Crippen molar-refractivity contribution in [2.75, 3.05) is 13.2 Å². The molecule has 1 saturated heterocycles. The highest BCUT2D eigenvalue weighted by Crippen LogP contribution is 2.26. The van der Waals surface area contributed by atoms with Gasteiger partial charge in [-0.2, -0.15) is 4.31 Å². The van der Waals surface area contributed by atoms with Gasteiger partial charge in [0.2, 0.25) is 10.0 Å². The molecule has 0 amide bonds. The second kappa shape index (κ2) is 7.48. The van der Waals surface area contributed by atoms with Crippen molar-refractivity contribution in [1.29, 1.82) is 0 Å². The predicted molar refractivity (Wildman–Crippen MR) is 105 cm³/mol. The average molecular weight is 388 g/mol. The largest absolute Gasteiger partial charge is 0.377 e. The first-order chi connectivity index (χ1) is 12.6. The molecule has 0 spiro atoms. The lowest BCUT2D eigenvalue weighted by Crippen LogP contribution is -2.36. The predicted octanol–water partition coefficient (Wildman–Crippen LogP) is 4.27. The SMILES string of the molecule is O=S(=O)(c1ccc2ccccc2c1)N(Cc1cccs1)C[C@@H]1CCCO1. The summed E-state index contributed by atoms with van der Waals surface area (Å²) in [5.74, 6) is 0. The molecule has 0 aliphatic carbocycles. The smallest absolute Gasteiger partial charge is 0.243 e. The molecule has 0 unspecified atom stereocenters. The fourth-order valence-corrected chi connectivity index (χ4v) is 5.60. The number of hydrogen-bond acceptors (Lipinski definition) is 4.